The highest BCUT2D eigenvalue weighted by molar-refractivity contribution is 6.32. The number of nitrogens with one attached hydrogen (secondary N) is 1. The SMILES string of the molecule is COc1cc(CNCCCOCC2CC2)cc(Cl)c1OC. The van der Waals surface area contributed by atoms with Gasteiger partial charge in [-0.3, -0.25) is 0 Å². The molecule has 1 aliphatic carbocycles. The predicted molar refractivity (Wildman–Crippen MR) is 84.4 cm³/mol. The summed E-state index contributed by atoms with van der Waals surface area (Å²) in [7, 11) is 3.20. The first kappa shape index (κ1) is 16.4. The lowest BCUT2D eigenvalue weighted by Gasteiger charge is -2.12. The van der Waals surface area contributed by atoms with E-state index in [0.717, 1.165) is 44.2 Å². The fraction of sp³-hybridized carbons (Fsp3) is 0.625. The Balaban J connectivity index is 1.68. The number of methoxy groups -OCH3 is 2. The van der Waals surface area contributed by atoms with Crippen LogP contribution in [0.5, 0.6) is 11.5 Å². The largest absolute Gasteiger partial charge is 0.493 e. The fourth-order valence-corrected chi connectivity index (χ4v) is 2.45. The molecule has 0 heterocycles. The van der Waals surface area contributed by atoms with E-state index in [2.05, 4.69) is 5.32 Å². The van der Waals surface area contributed by atoms with E-state index in [1.165, 1.54) is 12.8 Å². The van der Waals surface area contributed by atoms with E-state index in [4.69, 9.17) is 25.8 Å². The second kappa shape index (κ2) is 8.47. The van der Waals surface area contributed by atoms with Crippen molar-refractivity contribution < 1.29 is 14.2 Å². The van der Waals surface area contributed by atoms with E-state index in [1.807, 2.05) is 12.1 Å². The standard InChI is InChI=1S/C16H24ClNO3/c1-19-15-9-13(8-14(17)16(15)20-2)10-18-6-3-7-21-11-12-4-5-12/h8-9,12,18H,3-7,10-11H2,1-2H3. The summed E-state index contributed by atoms with van der Waals surface area (Å²) >= 11 is 6.18. The second-order valence-corrected chi connectivity index (χ2v) is 5.77. The van der Waals surface area contributed by atoms with Gasteiger partial charge in [-0.25, -0.2) is 0 Å². The lowest BCUT2D eigenvalue weighted by atomic mass is 10.2. The topological polar surface area (TPSA) is 39.7 Å². The van der Waals surface area contributed by atoms with Gasteiger partial charge >= 0.3 is 0 Å². The summed E-state index contributed by atoms with van der Waals surface area (Å²) in [6.07, 6.45) is 3.71. The van der Waals surface area contributed by atoms with Crippen molar-refractivity contribution in [2.45, 2.75) is 25.8 Å². The third-order valence-electron chi connectivity index (χ3n) is 3.52. The third-order valence-corrected chi connectivity index (χ3v) is 3.80. The minimum atomic E-state index is 0.571. The number of benzene rings is 1. The highest BCUT2D eigenvalue weighted by Gasteiger charge is 2.20. The van der Waals surface area contributed by atoms with E-state index >= 15 is 0 Å². The maximum atomic E-state index is 6.18. The summed E-state index contributed by atoms with van der Waals surface area (Å²) < 4.78 is 16.1. The molecule has 2 rings (SSSR count). The van der Waals surface area contributed by atoms with Gasteiger partial charge in [0.2, 0.25) is 0 Å². The van der Waals surface area contributed by atoms with E-state index in [9.17, 15) is 0 Å². The average Bonchev–Trinajstić information content (AvgIpc) is 3.29. The van der Waals surface area contributed by atoms with Crippen molar-refractivity contribution in [1.82, 2.24) is 5.32 Å². The number of hydrogen-bond acceptors (Lipinski definition) is 4. The lowest BCUT2D eigenvalue weighted by Crippen LogP contribution is -2.16. The molecule has 1 aliphatic rings. The van der Waals surface area contributed by atoms with Gasteiger partial charge < -0.3 is 19.5 Å². The highest BCUT2D eigenvalue weighted by atomic mass is 35.5. The summed E-state index contributed by atoms with van der Waals surface area (Å²) in [5, 5.41) is 3.96. The van der Waals surface area contributed by atoms with Crippen molar-refractivity contribution >= 4 is 11.6 Å². The maximum Gasteiger partial charge on any atom is 0.179 e. The highest BCUT2D eigenvalue weighted by Crippen LogP contribution is 2.35. The molecule has 0 atom stereocenters. The van der Waals surface area contributed by atoms with Crippen LogP contribution in [0.2, 0.25) is 5.02 Å². The summed E-state index contributed by atoms with van der Waals surface area (Å²) in [4.78, 5) is 0. The first-order valence-corrected chi connectivity index (χ1v) is 7.81. The molecule has 0 amide bonds. The molecule has 5 heteroatoms. The monoisotopic (exact) mass is 313 g/mol. The Labute approximate surface area is 131 Å². The Bertz CT molecular complexity index is 449. The molecule has 0 spiro atoms. The molecule has 1 aromatic carbocycles. The molecule has 21 heavy (non-hydrogen) atoms. The lowest BCUT2D eigenvalue weighted by molar-refractivity contribution is 0.122. The Morgan fingerprint density at radius 3 is 2.71 bits per heavy atom. The summed E-state index contributed by atoms with van der Waals surface area (Å²) in [6, 6.07) is 3.85. The molecule has 0 radical (unpaired) electrons. The van der Waals surface area contributed by atoms with E-state index in [1.54, 1.807) is 14.2 Å². The molecule has 0 bridgehead atoms. The zero-order valence-corrected chi connectivity index (χ0v) is 13.5. The minimum absolute atomic E-state index is 0.571. The summed E-state index contributed by atoms with van der Waals surface area (Å²) in [5.74, 6) is 2.08. The molecular weight excluding hydrogens is 290 g/mol. The smallest absolute Gasteiger partial charge is 0.179 e. The van der Waals surface area contributed by atoms with Crippen molar-refractivity contribution in [3.8, 4) is 11.5 Å². The minimum Gasteiger partial charge on any atom is -0.493 e. The molecule has 0 aromatic heterocycles. The Morgan fingerprint density at radius 2 is 2.05 bits per heavy atom. The van der Waals surface area contributed by atoms with Gasteiger partial charge in [0.25, 0.3) is 0 Å². The third kappa shape index (κ3) is 5.38. The van der Waals surface area contributed by atoms with Crippen LogP contribution in [0.25, 0.3) is 0 Å². The summed E-state index contributed by atoms with van der Waals surface area (Å²) in [6.45, 7) is 3.45. The number of halogens is 1. The van der Waals surface area contributed by atoms with Crippen molar-refractivity contribution in [3.63, 3.8) is 0 Å². The zero-order chi connectivity index (χ0) is 15.1. The number of ether oxygens (including phenoxy) is 3. The molecule has 4 nitrogen and oxygen atoms in total. The molecule has 0 aliphatic heterocycles. The molecule has 1 saturated carbocycles. The quantitative estimate of drug-likeness (QED) is 0.673. The van der Waals surface area contributed by atoms with Crippen LogP contribution in [-0.2, 0) is 11.3 Å². The summed E-state index contributed by atoms with van der Waals surface area (Å²) in [5.41, 5.74) is 1.08. The van der Waals surface area contributed by atoms with Gasteiger partial charge in [0.05, 0.1) is 19.2 Å². The second-order valence-electron chi connectivity index (χ2n) is 5.36. The van der Waals surface area contributed by atoms with Crippen LogP contribution < -0.4 is 14.8 Å². The van der Waals surface area contributed by atoms with Crippen LogP contribution in [0.15, 0.2) is 12.1 Å². The normalized spacial score (nSPS) is 14.2. The molecule has 1 aromatic rings. The van der Waals surface area contributed by atoms with Crippen molar-refractivity contribution in [1.29, 1.82) is 0 Å². The number of hydrogen-bond donors (Lipinski definition) is 1. The van der Waals surface area contributed by atoms with Crippen LogP contribution in [-0.4, -0.2) is 34.0 Å². The molecule has 0 unspecified atom stereocenters. The zero-order valence-electron chi connectivity index (χ0n) is 12.8. The van der Waals surface area contributed by atoms with E-state index in [0.29, 0.717) is 16.5 Å². The fourth-order valence-electron chi connectivity index (χ4n) is 2.14. The van der Waals surface area contributed by atoms with Crippen LogP contribution in [0.1, 0.15) is 24.8 Å². The van der Waals surface area contributed by atoms with Gasteiger partial charge in [0.15, 0.2) is 11.5 Å². The molecular formula is C16H24ClNO3. The first-order chi connectivity index (χ1) is 10.2. The number of rotatable bonds is 10. The van der Waals surface area contributed by atoms with E-state index < -0.39 is 0 Å². The van der Waals surface area contributed by atoms with Gasteiger partial charge in [-0.2, -0.15) is 0 Å². The molecule has 118 valence electrons. The predicted octanol–water partition coefficient (Wildman–Crippen LogP) is 3.26. The molecule has 1 N–H and O–H groups in total. The van der Waals surface area contributed by atoms with Crippen LogP contribution in [0, 0.1) is 5.92 Å². The van der Waals surface area contributed by atoms with Gasteiger partial charge in [0, 0.05) is 19.8 Å². The maximum absolute atomic E-state index is 6.18. The van der Waals surface area contributed by atoms with Gasteiger partial charge in [-0.15, -0.1) is 0 Å². The van der Waals surface area contributed by atoms with Gasteiger partial charge in [-0.05, 0) is 49.4 Å². The van der Waals surface area contributed by atoms with Gasteiger partial charge in [0.1, 0.15) is 0 Å². The Hall–Kier alpha value is -0.970. The van der Waals surface area contributed by atoms with Crippen molar-refractivity contribution in [2.75, 3.05) is 34.0 Å². The van der Waals surface area contributed by atoms with Crippen LogP contribution in [0.3, 0.4) is 0 Å². The van der Waals surface area contributed by atoms with Crippen molar-refractivity contribution in [3.05, 3.63) is 22.7 Å². The van der Waals surface area contributed by atoms with Gasteiger partial charge in [-0.1, -0.05) is 11.6 Å². The van der Waals surface area contributed by atoms with Crippen LogP contribution in [0.4, 0.5) is 0 Å². The molecule has 0 saturated heterocycles. The molecule has 1 fully saturated rings. The van der Waals surface area contributed by atoms with Crippen LogP contribution >= 0.6 is 11.6 Å². The Morgan fingerprint density at radius 1 is 1.24 bits per heavy atom. The first-order valence-electron chi connectivity index (χ1n) is 7.43. The van der Waals surface area contributed by atoms with Crippen molar-refractivity contribution in [2.24, 2.45) is 5.92 Å². The Kier molecular flexibility index (Phi) is 6.61. The average molecular weight is 314 g/mol. The van der Waals surface area contributed by atoms with E-state index in [-0.39, 0.29) is 0 Å².